The molecule has 2 heterocycles. The number of aromatic nitrogens is 2. The second-order valence-corrected chi connectivity index (χ2v) is 13.2. The van der Waals surface area contributed by atoms with Crippen LogP contribution in [0.25, 0.3) is 11.4 Å². The van der Waals surface area contributed by atoms with Crippen molar-refractivity contribution < 1.29 is 26.7 Å². The number of morpholine rings is 1. The molecule has 9 nitrogen and oxygen atoms in total. The van der Waals surface area contributed by atoms with Crippen LogP contribution in [-0.2, 0) is 19.3 Å². The predicted octanol–water partition coefficient (Wildman–Crippen LogP) is 4.78. The average Bonchev–Trinajstić information content (AvgIpc) is 3.74. The van der Waals surface area contributed by atoms with E-state index in [4.69, 9.17) is 14.7 Å². The Bertz CT molecular complexity index is 1560. The molecule has 3 aromatic rings. The summed E-state index contributed by atoms with van der Waals surface area (Å²) in [6.45, 7) is 3.54. The van der Waals surface area contributed by atoms with Crippen LogP contribution in [0.3, 0.4) is 0 Å². The molecule has 1 atom stereocenters. The number of halogens is 2. The number of anilines is 2. The summed E-state index contributed by atoms with van der Waals surface area (Å²) in [5.74, 6) is -1.05. The van der Waals surface area contributed by atoms with Crippen molar-refractivity contribution in [2.45, 2.75) is 60.8 Å². The van der Waals surface area contributed by atoms with Crippen molar-refractivity contribution in [3.8, 4) is 11.4 Å². The number of rotatable bonds is 7. The summed E-state index contributed by atoms with van der Waals surface area (Å²) in [6, 6.07) is 11.0. The molecule has 2 amide bonds. The van der Waals surface area contributed by atoms with Crippen LogP contribution in [0.15, 0.2) is 53.4 Å². The van der Waals surface area contributed by atoms with Crippen LogP contribution in [0, 0.1) is 11.6 Å². The molecular weight excluding hydrogens is 552 g/mol. The van der Waals surface area contributed by atoms with Gasteiger partial charge in [0.1, 0.15) is 22.2 Å². The normalized spacial score (nSPS) is 20.3. The second kappa shape index (κ2) is 10.6. The molecule has 0 spiro atoms. The van der Waals surface area contributed by atoms with Gasteiger partial charge in [0.15, 0.2) is 15.7 Å². The van der Waals surface area contributed by atoms with Gasteiger partial charge in [-0.25, -0.2) is 32.0 Å². The molecule has 1 saturated heterocycles. The Morgan fingerprint density at radius 1 is 1.05 bits per heavy atom. The van der Waals surface area contributed by atoms with Crippen LogP contribution >= 0.6 is 0 Å². The zero-order valence-corrected chi connectivity index (χ0v) is 23.4. The molecule has 41 heavy (non-hydrogen) atoms. The number of hydrogen-bond donors (Lipinski definition) is 2. The Morgan fingerprint density at radius 3 is 2.37 bits per heavy atom. The third kappa shape index (κ3) is 5.38. The van der Waals surface area contributed by atoms with Crippen molar-refractivity contribution in [3.05, 3.63) is 65.9 Å². The van der Waals surface area contributed by atoms with Crippen LogP contribution in [0.4, 0.5) is 25.1 Å². The van der Waals surface area contributed by atoms with Crippen molar-refractivity contribution in [3.63, 3.8) is 0 Å². The van der Waals surface area contributed by atoms with E-state index in [0.29, 0.717) is 48.7 Å². The molecular formula is C29H31F2N5O4S. The highest BCUT2D eigenvalue weighted by Crippen LogP contribution is 2.55. The summed E-state index contributed by atoms with van der Waals surface area (Å²) in [7, 11) is -4.18. The Kier molecular flexibility index (Phi) is 7.14. The van der Waals surface area contributed by atoms with E-state index >= 15 is 0 Å². The Labute approximate surface area is 237 Å². The smallest absolute Gasteiger partial charge is 0.319 e. The fraction of sp³-hybridized carbons (Fsp3) is 0.414. The number of ether oxygens (including phenoxy) is 1. The van der Waals surface area contributed by atoms with Crippen molar-refractivity contribution in [2.75, 3.05) is 30.0 Å². The van der Waals surface area contributed by atoms with E-state index in [2.05, 4.69) is 10.6 Å². The highest BCUT2D eigenvalue weighted by atomic mass is 32.2. The molecule has 0 radical (unpaired) electrons. The van der Waals surface area contributed by atoms with E-state index in [1.807, 2.05) is 11.8 Å². The largest absolute Gasteiger partial charge is 0.377 e. The number of carbonyl (C=O) groups is 1. The molecule has 2 N–H and O–H groups in total. The maximum absolute atomic E-state index is 14.0. The van der Waals surface area contributed by atoms with Crippen LogP contribution in [0.5, 0.6) is 0 Å². The molecule has 12 heteroatoms. The lowest BCUT2D eigenvalue weighted by Crippen LogP contribution is -2.44. The molecule has 3 fully saturated rings. The molecule has 216 valence electrons. The Balaban J connectivity index is 1.36. The number of amides is 2. The standard InChI is InChI=1S/C29H31F2N5O4S/c1-18-17-40-12-11-36(18)26-16-25(29(9-10-29)41(38,39)24-14-20(30)13-21(31)15-24)34-27(35-26)19-5-7-23(8-6-19)33-28(37)32-22-3-2-4-22/h5-8,13-16,18,22H,2-4,9-12,17H2,1H3,(H2,32,33,37)/t18-/m0/s1. The molecule has 1 aliphatic heterocycles. The van der Waals surface area contributed by atoms with Crippen LogP contribution < -0.4 is 15.5 Å². The molecule has 6 rings (SSSR count). The molecule has 2 aliphatic carbocycles. The number of hydrogen-bond acceptors (Lipinski definition) is 7. The first-order chi connectivity index (χ1) is 19.6. The van der Waals surface area contributed by atoms with Gasteiger partial charge in [0, 0.05) is 36.0 Å². The molecule has 1 aromatic heterocycles. The summed E-state index contributed by atoms with van der Waals surface area (Å²) < 4.78 is 59.8. The first-order valence-electron chi connectivity index (χ1n) is 13.8. The average molecular weight is 584 g/mol. The first kappa shape index (κ1) is 27.5. The lowest BCUT2D eigenvalue weighted by Gasteiger charge is -2.34. The minimum Gasteiger partial charge on any atom is -0.377 e. The summed E-state index contributed by atoms with van der Waals surface area (Å²) in [5, 5.41) is 5.76. The van der Waals surface area contributed by atoms with Gasteiger partial charge in [-0.05, 0) is 75.4 Å². The highest BCUT2D eigenvalue weighted by molar-refractivity contribution is 7.92. The van der Waals surface area contributed by atoms with Gasteiger partial charge < -0.3 is 20.3 Å². The van der Waals surface area contributed by atoms with Gasteiger partial charge >= 0.3 is 6.03 Å². The van der Waals surface area contributed by atoms with Gasteiger partial charge in [-0.3, -0.25) is 0 Å². The third-order valence-electron chi connectivity index (χ3n) is 8.05. The number of benzene rings is 2. The number of nitrogens with zero attached hydrogens (tertiary/aromatic N) is 3. The summed E-state index contributed by atoms with van der Waals surface area (Å²) in [4.78, 5) is 23.4. The molecule has 0 bridgehead atoms. The fourth-order valence-electron chi connectivity index (χ4n) is 5.30. The second-order valence-electron chi connectivity index (χ2n) is 11.0. The molecule has 0 unspecified atom stereocenters. The van der Waals surface area contributed by atoms with Crippen molar-refractivity contribution in [1.82, 2.24) is 15.3 Å². The first-order valence-corrected chi connectivity index (χ1v) is 15.3. The van der Waals surface area contributed by atoms with E-state index in [1.54, 1.807) is 30.3 Å². The Hall–Kier alpha value is -3.64. The van der Waals surface area contributed by atoms with Crippen molar-refractivity contribution in [2.24, 2.45) is 0 Å². The molecule has 2 saturated carbocycles. The third-order valence-corrected chi connectivity index (χ3v) is 10.6. The maximum Gasteiger partial charge on any atom is 0.319 e. The maximum atomic E-state index is 14.0. The number of urea groups is 1. The minimum atomic E-state index is -4.18. The van der Waals surface area contributed by atoms with Gasteiger partial charge in [-0.2, -0.15) is 0 Å². The zero-order chi connectivity index (χ0) is 28.8. The summed E-state index contributed by atoms with van der Waals surface area (Å²) in [6.07, 6.45) is 3.61. The minimum absolute atomic E-state index is 0.0100. The van der Waals surface area contributed by atoms with Crippen molar-refractivity contribution in [1.29, 1.82) is 0 Å². The van der Waals surface area contributed by atoms with E-state index in [-0.39, 0.29) is 36.7 Å². The van der Waals surface area contributed by atoms with E-state index < -0.39 is 31.1 Å². The van der Waals surface area contributed by atoms with E-state index in [0.717, 1.165) is 31.4 Å². The summed E-state index contributed by atoms with van der Waals surface area (Å²) in [5.41, 5.74) is 1.50. The summed E-state index contributed by atoms with van der Waals surface area (Å²) >= 11 is 0. The molecule has 3 aliphatic rings. The molecule has 2 aromatic carbocycles. The zero-order valence-electron chi connectivity index (χ0n) is 22.6. The van der Waals surface area contributed by atoms with Gasteiger partial charge in [0.2, 0.25) is 0 Å². The Morgan fingerprint density at radius 2 is 1.76 bits per heavy atom. The van der Waals surface area contributed by atoms with Crippen LogP contribution in [-0.4, -0.2) is 56.3 Å². The quantitative estimate of drug-likeness (QED) is 0.412. The highest BCUT2D eigenvalue weighted by Gasteiger charge is 2.58. The number of nitrogens with one attached hydrogen (secondary N) is 2. The van der Waals surface area contributed by atoms with Gasteiger partial charge in [0.05, 0.1) is 29.8 Å². The fourth-order valence-corrected chi connectivity index (χ4v) is 7.31. The van der Waals surface area contributed by atoms with Gasteiger partial charge in [-0.1, -0.05) is 0 Å². The van der Waals surface area contributed by atoms with E-state index in [1.165, 1.54) is 0 Å². The lowest BCUT2D eigenvalue weighted by atomic mass is 9.93. The van der Waals surface area contributed by atoms with Crippen LogP contribution in [0.1, 0.15) is 44.7 Å². The van der Waals surface area contributed by atoms with Gasteiger partial charge in [-0.15, -0.1) is 0 Å². The van der Waals surface area contributed by atoms with Crippen LogP contribution in [0.2, 0.25) is 0 Å². The number of carbonyl (C=O) groups excluding carboxylic acids is 1. The SMILES string of the molecule is C[C@H]1COCCN1c1cc(C2(S(=O)(=O)c3cc(F)cc(F)c3)CC2)nc(-c2ccc(NC(=O)NC3CCC3)cc2)n1. The van der Waals surface area contributed by atoms with E-state index in [9.17, 15) is 22.0 Å². The topological polar surface area (TPSA) is 114 Å². The predicted molar refractivity (Wildman–Crippen MR) is 149 cm³/mol. The van der Waals surface area contributed by atoms with Gasteiger partial charge in [0.25, 0.3) is 0 Å². The monoisotopic (exact) mass is 583 g/mol. The van der Waals surface area contributed by atoms with Crippen molar-refractivity contribution >= 4 is 27.4 Å². The number of sulfone groups is 1. The lowest BCUT2D eigenvalue weighted by molar-refractivity contribution is 0.0985.